The third-order valence-electron chi connectivity index (χ3n) is 1.96. The zero-order chi connectivity index (χ0) is 9.42. The fourth-order valence-corrected chi connectivity index (χ4v) is 1.64. The fraction of sp³-hybridized carbons (Fsp3) is 0.625. The van der Waals surface area contributed by atoms with Crippen LogP contribution in [0.4, 0.5) is 8.78 Å². The van der Waals surface area contributed by atoms with Gasteiger partial charge in [0.1, 0.15) is 0 Å². The van der Waals surface area contributed by atoms with Crippen molar-refractivity contribution in [2.45, 2.75) is 30.3 Å². The molecule has 1 aliphatic rings. The van der Waals surface area contributed by atoms with Gasteiger partial charge in [0.25, 0.3) is 6.43 Å². The molecule has 0 aliphatic heterocycles. The second-order valence-corrected chi connectivity index (χ2v) is 3.78. The summed E-state index contributed by atoms with van der Waals surface area (Å²) in [6.45, 7) is 0. The van der Waals surface area contributed by atoms with Crippen LogP contribution >= 0.6 is 11.8 Å². The van der Waals surface area contributed by atoms with Crippen molar-refractivity contribution >= 4 is 11.8 Å². The van der Waals surface area contributed by atoms with E-state index in [0.717, 1.165) is 12.8 Å². The molecule has 13 heavy (non-hydrogen) atoms. The van der Waals surface area contributed by atoms with Gasteiger partial charge in [-0.3, -0.25) is 0 Å². The molecule has 1 aromatic heterocycles. The van der Waals surface area contributed by atoms with Crippen LogP contribution in [0.25, 0.3) is 0 Å². The minimum Gasteiger partial charge on any atom is -0.434 e. The van der Waals surface area contributed by atoms with Crippen molar-refractivity contribution in [3.8, 4) is 0 Å². The second-order valence-electron chi connectivity index (χ2n) is 3.00. The first-order valence-corrected chi connectivity index (χ1v) is 5.27. The van der Waals surface area contributed by atoms with Gasteiger partial charge < -0.3 is 4.42 Å². The molecule has 0 radical (unpaired) electrons. The Bertz CT molecular complexity index is 309. The molecule has 0 spiro atoms. The Kier molecular flexibility index (Phi) is 2.27. The predicted molar refractivity (Wildman–Crippen MR) is 45.2 cm³/mol. The average Bonchev–Trinajstić information content (AvgIpc) is 2.84. The molecule has 72 valence electrons. The SMILES string of the molecule is CSc1oc(C2CC2)nc1C(F)F. The van der Waals surface area contributed by atoms with Crippen LogP contribution in [0.3, 0.4) is 0 Å². The van der Waals surface area contributed by atoms with E-state index in [1.54, 1.807) is 6.26 Å². The molecule has 1 saturated carbocycles. The molecule has 1 fully saturated rings. The number of hydrogen-bond acceptors (Lipinski definition) is 3. The molecule has 1 aromatic rings. The number of halogens is 2. The summed E-state index contributed by atoms with van der Waals surface area (Å²) < 4.78 is 30.0. The lowest BCUT2D eigenvalue weighted by atomic mass is 10.4. The summed E-state index contributed by atoms with van der Waals surface area (Å²) in [4.78, 5) is 3.81. The Morgan fingerprint density at radius 1 is 1.54 bits per heavy atom. The third kappa shape index (κ3) is 1.70. The van der Waals surface area contributed by atoms with Gasteiger partial charge in [0.2, 0.25) is 0 Å². The van der Waals surface area contributed by atoms with E-state index in [1.165, 1.54) is 11.8 Å². The number of aromatic nitrogens is 1. The molecular formula is C8H9F2NOS. The number of alkyl halides is 2. The lowest BCUT2D eigenvalue weighted by molar-refractivity contribution is 0.141. The molecule has 1 aliphatic carbocycles. The number of rotatable bonds is 3. The Morgan fingerprint density at radius 3 is 2.62 bits per heavy atom. The van der Waals surface area contributed by atoms with Crippen molar-refractivity contribution in [2.24, 2.45) is 0 Å². The van der Waals surface area contributed by atoms with Crippen LogP contribution in [-0.2, 0) is 0 Å². The van der Waals surface area contributed by atoms with Gasteiger partial charge >= 0.3 is 0 Å². The summed E-state index contributed by atoms with van der Waals surface area (Å²) >= 11 is 1.18. The molecule has 0 N–H and O–H groups in total. The highest BCUT2D eigenvalue weighted by Gasteiger charge is 2.31. The summed E-state index contributed by atoms with van der Waals surface area (Å²) in [6, 6.07) is 0. The van der Waals surface area contributed by atoms with Crippen molar-refractivity contribution in [3.63, 3.8) is 0 Å². The Balaban J connectivity index is 2.30. The molecule has 0 bridgehead atoms. The molecule has 1 heterocycles. The lowest BCUT2D eigenvalue weighted by Gasteiger charge is -1.92. The van der Waals surface area contributed by atoms with Crippen molar-refractivity contribution in [1.29, 1.82) is 0 Å². The van der Waals surface area contributed by atoms with Gasteiger partial charge in [-0.2, -0.15) is 0 Å². The average molecular weight is 205 g/mol. The van der Waals surface area contributed by atoms with Gasteiger partial charge in [-0.15, -0.1) is 0 Å². The van der Waals surface area contributed by atoms with Crippen molar-refractivity contribution in [1.82, 2.24) is 4.98 Å². The van der Waals surface area contributed by atoms with Gasteiger partial charge in [-0.05, 0) is 19.1 Å². The molecule has 0 unspecified atom stereocenters. The van der Waals surface area contributed by atoms with Gasteiger partial charge in [-0.25, -0.2) is 13.8 Å². The topological polar surface area (TPSA) is 26.0 Å². The van der Waals surface area contributed by atoms with Crippen molar-refractivity contribution < 1.29 is 13.2 Å². The first-order chi connectivity index (χ1) is 6.22. The standard InChI is InChI=1S/C8H9F2NOS/c1-13-8-5(6(9)10)11-7(12-8)4-2-3-4/h4,6H,2-3H2,1H3. The first kappa shape index (κ1) is 8.99. The Morgan fingerprint density at radius 2 is 2.23 bits per heavy atom. The fourth-order valence-electron chi connectivity index (χ4n) is 1.12. The van der Waals surface area contributed by atoms with E-state index >= 15 is 0 Å². The summed E-state index contributed by atoms with van der Waals surface area (Å²) in [6.07, 6.45) is 1.20. The van der Waals surface area contributed by atoms with Crippen LogP contribution in [0.15, 0.2) is 9.51 Å². The second kappa shape index (κ2) is 3.29. The lowest BCUT2D eigenvalue weighted by Crippen LogP contribution is -1.86. The summed E-state index contributed by atoms with van der Waals surface area (Å²) in [5.41, 5.74) is -0.200. The Hall–Kier alpha value is -0.580. The minimum absolute atomic E-state index is 0.200. The van der Waals surface area contributed by atoms with Crippen LogP contribution in [-0.4, -0.2) is 11.2 Å². The monoisotopic (exact) mass is 205 g/mol. The van der Waals surface area contributed by atoms with E-state index in [-0.39, 0.29) is 10.8 Å². The first-order valence-electron chi connectivity index (χ1n) is 4.05. The predicted octanol–water partition coefficient (Wildman–Crippen LogP) is 3.21. The largest absolute Gasteiger partial charge is 0.434 e. The molecule has 5 heteroatoms. The summed E-state index contributed by atoms with van der Waals surface area (Å²) in [7, 11) is 0. The highest BCUT2D eigenvalue weighted by atomic mass is 32.2. The molecule has 0 saturated heterocycles. The van der Waals surface area contributed by atoms with Crippen molar-refractivity contribution in [2.75, 3.05) is 6.26 Å². The molecular weight excluding hydrogens is 196 g/mol. The summed E-state index contributed by atoms with van der Waals surface area (Å²) in [5.74, 6) is 0.776. The van der Waals surface area contributed by atoms with Gasteiger partial charge in [0.05, 0.1) is 0 Å². The number of oxazole rings is 1. The maximum absolute atomic E-state index is 12.4. The quantitative estimate of drug-likeness (QED) is 0.708. The van der Waals surface area contributed by atoms with Crippen LogP contribution in [0.1, 0.15) is 36.8 Å². The highest BCUT2D eigenvalue weighted by Crippen LogP contribution is 2.42. The molecule has 2 nitrogen and oxygen atoms in total. The van der Waals surface area contributed by atoms with Gasteiger partial charge in [0, 0.05) is 5.92 Å². The molecule has 2 rings (SSSR count). The molecule has 0 amide bonds. The van der Waals surface area contributed by atoms with E-state index in [4.69, 9.17) is 4.42 Å². The highest BCUT2D eigenvalue weighted by molar-refractivity contribution is 7.98. The van der Waals surface area contributed by atoms with Crippen LogP contribution in [0.5, 0.6) is 0 Å². The zero-order valence-electron chi connectivity index (χ0n) is 7.09. The maximum Gasteiger partial charge on any atom is 0.284 e. The third-order valence-corrected chi connectivity index (χ3v) is 2.62. The number of hydrogen-bond donors (Lipinski definition) is 0. The van der Waals surface area contributed by atoms with E-state index in [2.05, 4.69) is 4.98 Å². The van der Waals surface area contributed by atoms with Crippen molar-refractivity contribution in [3.05, 3.63) is 11.6 Å². The summed E-state index contributed by atoms with van der Waals surface area (Å²) in [5, 5.41) is 0.261. The maximum atomic E-state index is 12.4. The van der Waals surface area contributed by atoms with Gasteiger partial charge in [0.15, 0.2) is 16.7 Å². The number of nitrogens with zero attached hydrogens (tertiary/aromatic N) is 1. The van der Waals surface area contributed by atoms with E-state index in [9.17, 15) is 8.78 Å². The van der Waals surface area contributed by atoms with Crippen LogP contribution < -0.4 is 0 Å². The Labute approximate surface area is 78.7 Å². The van der Waals surface area contributed by atoms with Crippen LogP contribution in [0, 0.1) is 0 Å². The normalized spacial score (nSPS) is 16.9. The van der Waals surface area contributed by atoms with Crippen LogP contribution in [0.2, 0.25) is 0 Å². The zero-order valence-corrected chi connectivity index (χ0v) is 7.91. The van der Waals surface area contributed by atoms with Gasteiger partial charge in [-0.1, -0.05) is 11.8 Å². The molecule has 0 atom stereocenters. The van der Waals surface area contributed by atoms with E-state index < -0.39 is 6.43 Å². The smallest absolute Gasteiger partial charge is 0.284 e. The van der Waals surface area contributed by atoms with E-state index in [0.29, 0.717) is 11.8 Å². The minimum atomic E-state index is -2.53. The van der Waals surface area contributed by atoms with E-state index in [1.807, 2.05) is 0 Å². The molecule has 0 aromatic carbocycles. The number of thioether (sulfide) groups is 1.